The highest BCUT2D eigenvalue weighted by atomic mass is 127. The largest absolute Gasteiger partial charge is 0.480 e. The Morgan fingerprint density at radius 1 is 1.21 bits per heavy atom. The fraction of sp³-hybridized carbons (Fsp3) is 0.500. The van der Waals surface area contributed by atoms with Gasteiger partial charge in [0.1, 0.15) is 12.0 Å². The van der Waals surface area contributed by atoms with Gasteiger partial charge in [0, 0.05) is 14.1 Å². The van der Waals surface area contributed by atoms with Gasteiger partial charge in [0.2, 0.25) is 0 Å². The third-order valence-electron chi connectivity index (χ3n) is 3.70. The molecule has 0 fully saturated rings. The van der Waals surface area contributed by atoms with Crippen LogP contribution in [0.5, 0.6) is 0 Å². The highest BCUT2D eigenvalue weighted by Gasteiger charge is 2.52. The number of carboxylic acid groups (broad SMARTS) is 1. The van der Waals surface area contributed by atoms with Crippen molar-refractivity contribution in [2.24, 2.45) is 5.92 Å². The molecule has 1 aliphatic carbocycles. The van der Waals surface area contributed by atoms with Crippen molar-refractivity contribution in [3.63, 3.8) is 0 Å². The van der Waals surface area contributed by atoms with Crippen LogP contribution < -0.4 is 5.32 Å². The normalized spacial score (nSPS) is 22.6. The van der Waals surface area contributed by atoms with E-state index in [-0.39, 0.29) is 9.28 Å². The topological polar surface area (TPSA) is 159 Å². The summed E-state index contributed by atoms with van der Waals surface area (Å²) in [6.07, 6.45) is -1.03. The van der Waals surface area contributed by atoms with Crippen LogP contribution >= 0.6 is 67.8 Å². The number of carbonyl (C=O) groups is 4. The standard InChI is InChI=1S/C16H18I3NO9/c1-6(28-7(2)23)13(24)20-12-9(17)3-16(19,15(26)27)10(11(12)18)14(25)29-8(4-21)5-22/h3,6,8,10,21-22H,4-5H2,1-2H3,(H,20,24)(H,26,27)/t6-,10?,16?/m0/s1. The summed E-state index contributed by atoms with van der Waals surface area (Å²) in [4.78, 5) is 48.0. The predicted octanol–water partition coefficient (Wildman–Crippen LogP) is 0.804. The molecule has 10 nitrogen and oxygen atoms in total. The van der Waals surface area contributed by atoms with Gasteiger partial charge in [0.25, 0.3) is 5.91 Å². The summed E-state index contributed by atoms with van der Waals surface area (Å²) in [6.45, 7) is 1.22. The van der Waals surface area contributed by atoms with Gasteiger partial charge in [0.05, 0.1) is 18.9 Å². The highest BCUT2D eigenvalue weighted by molar-refractivity contribution is 14.1. The van der Waals surface area contributed by atoms with Crippen molar-refractivity contribution in [3.8, 4) is 0 Å². The zero-order valence-corrected chi connectivity index (χ0v) is 21.6. The summed E-state index contributed by atoms with van der Waals surface area (Å²) >= 11 is 5.17. The molecule has 4 N–H and O–H groups in total. The molecule has 162 valence electrons. The Labute approximate surface area is 206 Å². The second kappa shape index (κ2) is 11.2. The first-order valence-electron chi connectivity index (χ1n) is 8.00. The van der Waals surface area contributed by atoms with Crippen LogP contribution in [0.2, 0.25) is 0 Å². The number of nitrogens with one attached hydrogen (secondary N) is 1. The Balaban J connectivity index is 3.33. The summed E-state index contributed by atoms with van der Waals surface area (Å²) in [6, 6.07) is 0. The van der Waals surface area contributed by atoms with E-state index in [1.54, 1.807) is 45.2 Å². The summed E-state index contributed by atoms with van der Waals surface area (Å²) < 4.78 is 8.66. The lowest BCUT2D eigenvalue weighted by Gasteiger charge is -2.34. The molecule has 1 amide bonds. The number of rotatable bonds is 8. The van der Waals surface area contributed by atoms with Gasteiger partial charge in [-0.1, -0.05) is 22.6 Å². The van der Waals surface area contributed by atoms with E-state index in [0.29, 0.717) is 3.58 Å². The monoisotopic (exact) mass is 749 g/mol. The molecule has 0 aromatic carbocycles. The summed E-state index contributed by atoms with van der Waals surface area (Å²) in [5.74, 6) is -4.98. The van der Waals surface area contributed by atoms with Gasteiger partial charge in [-0.15, -0.1) is 0 Å². The average Bonchev–Trinajstić information content (AvgIpc) is 2.61. The Hall–Kier alpha value is -0.530. The van der Waals surface area contributed by atoms with Crippen molar-refractivity contribution < 1.29 is 44.0 Å². The minimum Gasteiger partial charge on any atom is -0.480 e. The number of carboxylic acids is 1. The van der Waals surface area contributed by atoms with Crippen LogP contribution in [0.25, 0.3) is 0 Å². The number of aliphatic hydroxyl groups is 2. The number of carbonyl (C=O) groups excluding carboxylic acids is 3. The third-order valence-corrected chi connectivity index (χ3v) is 7.11. The van der Waals surface area contributed by atoms with Crippen molar-refractivity contribution >= 4 is 91.6 Å². The van der Waals surface area contributed by atoms with Gasteiger partial charge in [0.15, 0.2) is 9.53 Å². The number of alkyl halides is 1. The van der Waals surface area contributed by atoms with Gasteiger partial charge in [-0.3, -0.25) is 19.2 Å². The molecular weight excluding hydrogens is 731 g/mol. The van der Waals surface area contributed by atoms with Gasteiger partial charge in [-0.25, -0.2) is 0 Å². The summed E-state index contributed by atoms with van der Waals surface area (Å²) in [5, 5.41) is 30.6. The highest BCUT2D eigenvalue weighted by Crippen LogP contribution is 2.47. The number of hydrogen-bond acceptors (Lipinski definition) is 8. The van der Waals surface area contributed by atoms with E-state index in [0.717, 1.165) is 6.92 Å². The molecule has 0 saturated heterocycles. The zero-order valence-electron chi connectivity index (χ0n) is 15.1. The van der Waals surface area contributed by atoms with Crippen molar-refractivity contribution in [3.05, 3.63) is 18.9 Å². The smallest absolute Gasteiger partial charge is 0.324 e. The number of hydrogen-bond donors (Lipinski definition) is 4. The molecule has 2 unspecified atom stereocenters. The summed E-state index contributed by atoms with van der Waals surface area (Å²) in [7, 11) is 0. The van der Waals surface area contributed by atoms with Crippen LogP contribution in [0.15, 0.2) is 18.9 Å². The molecule has 1 aliphatic rings. The van der Waals surface area contributed by atoms with E-state index in [9.17, 15) is 24.3 Å². The molecular formula is C16H18I3NO9. The molecule has 0 heterocycles. The van der Waals surface area contributed by atoms with E-state index in [1.165, 1.54) is 13.0 Å². The molecule has 0 aromatic rings. The molecule has 1 rings (SSSR count). The van der Waals surface area contributed by atoms with Crippen molar-refractivity contribution in [2.45, 2.75) is 29.5 Å². The Morgan fingerprint density at radius 2 is 1.76 bits per heavy atom. The van der Waals surface area contributed by atoms with Crippen molar-refractivity contribution in [2.75, 3.05) is 13.2 Å². The number of aliphatic hydroxyl groups excluding tert-OH is 2. The first-order chi connectivity index (χ1) is 13.4. The first-order valence-corrected chi connectivity index (χ1v) is 11.2. The van der Waals surface area contributed by atoms with Crippen LogP contribution in [-0.4, -0.2) is 68.0 Å². The first kappa shape index (κ1) is 26.5. The third kappa shape index (κ3) is 6.47. The number of amides is 1. The number of ether oxygens (including phenoxy) is 2. The number of aliphatic carboxylic acids is 1. The molecule has 0 aromatic heterocycles. The van der Waals surface area contributed by atoms with Crippen LogP contribution in [0.3, 0.4) is 0 Å². The predicted molar refractivity (Wildman–Crippen MR) is 124 cm³/mol. The van der Waals surface area contributed by atoms with Crippen LogP contribution in [0.1, 0.15) is 13.8 Å². The minimum absolute atomic E-state index is 0.175. The maximum absolute atomic E-state index is 12.7. The van der Waals surface area contributed by atoms with Crippen molar-refractivity contribution in [1.29, 1.82) is 0 Å². The maximum atomic E-state index is 12.7. The second-order valence-corrected chi connectivity index (χ2v) is 10.00. The lowest BCUT2D eigenvalue weighted by molar-refractivity contribution is -0.160. The van der Waals surface area contributed by atoms with Gasteiger partial charge in [-0.05, 0) is 58.2 Å². The van der Waals surface area contributed by atoms with Gasteiger partial charge >= 0.3 is 17.9 Å². The SMILES string of the molecule is CC(=O)O[C@@H](C)C(=O)NC1=C(I)C(C(=O)OC(CO)CO)C(I)(C(=O)O)C=C1I. The van der Waals surface area contributed by atoms with Gasteiger partial charge < -0.3 is 30.1 Å². The molecule has 29 heavy (non-hydrogen) atoms. The average molecular weight is 749 g/mol. The fourth-order valence-electron chi connectivity index (χ4n) is 2.25. The number of halogens is 3. The molecule has 0 bridgehead atoms. The second-order valence-electron chi connectivity index (χ2n) is 5.89. The lowest BCUT2D eigenvalue weighted by atomic mass is 9.87. The molecule has 3 atom stereocenters. The zero-order chi connectivity index (χ0) is 22.5. The minimum atomic E-state index is -1.73. The van der Waals surface area contributed by atoms with E-state index in [4.69, 9.17) is 19.7 Å². The van der Waals surface area contributed by atoms with E-state index in [1.807, 2.05) is 22.6 Å². The lowest BCUT2D eigenvalue weighted by Crippen LogP contribution is -2.48. The van der Waals surface area contributed by atoms with Crippen LogP contribution in [0, 0.1) is 5.92 Å². The van der Waals surface area contributed by atoms with E-state index < -0.39 is 58.6 Å². The van der Waals surface area contributed by atoms with Crippen LogP contribution in [0.4, 0.5) is 0 Å². The number of allylic oxidation sites excluding steroid dienone is 1. The molecule has 13 heteroatoms. The maximum Gasteiger partial charge on any atom is 0.324 e. The van der Waals surface area contributed by atoms with Crippen molar-refractivity contribution in [1.82, 2.24) is 5.32 Å². The Morgan fingerprint density at radius 3 is 2.21 bits per heavy atom. The molecule has 0 spiro atoms. The number of esters is 2. The molecule has 0 saturated carbocycles. The van der Waals surface area contributed by atoms with E-state index in [2.05, 4.69) is 5.32 Å². The van der Waals surface area contributed by atoms with Crippen LogP contribution in [-0.2, 0) is 28.7 Å². The summed E-state index contributed by atoms with van der Waals surface area (Å²) in [5.41, 5.74) is 0.176. The quantitative estimate of drug-likeness (QED) is 0.160. The van der Waals surface area contributed by atoms with E-state index >= 15 is 0 Å². The molecule has 0 aliphatic heterocycles. The molecule has 0 radical (unpaired) electrons. The van der Waals surface area contributed by atoms with Gasteiger partial charge in [-0.2, -0.15) is 0 Å². The Kier molecular flexibility index (Phi) is 10.2. The fourth-order valence-corrected chi connectivity index (χ4v) is 6.93. The Bertz CT molecular complexity index is 763.